The van der Waals surface area contributed by atoms with Crippen molar-refractivity contribution >= 4 is 22.8 Å². The number of ether oxygens (including phenoxy) is 3. The highest BCUT2D eigenvalue weighted by Gasteiger charge is 2.21. The normalized spacial score (nSPS) is 14.6. The van der Waals surface area contributed by atoms with Gasteiger partial charge in [0.25, 0.3) is 5.91 Å². The second-order valence-corrected chi connectivity index (χ2v) is 7.49. The summed E-state index contributed by atoms with van der Waals surface area (Å²) < 4.78 is 22.1. The van der Waals surface area contributed by atoms with Crippen LogP contribution in [0.5, 0.6) is 11.5 Å². The van der Waals surface area contributed by atoms with E-state index in [1.54, 1.807) is 24.3 Å². The van der Waals surface area contributed by atoms with Crippen molar-refractivity contribution in [1.82, 2.24) is 10.5 Å². The number of rotatable bonds is 6. The molecule has 166 valence electrons. The van der Waals surface area contributed by atoms with Gasteiger partial charge in [0.15, 0.2) is 23.9 Å². The van der Waals surface area contributed by atoms with Crippen molar-refractivity contribution in [1.29, 1.82) is 0 Å². The van der Waals surface area contributed by atoms with Crippen LogP contribution in [0.3, 0.4) is 0 Å². The molecule has 0 aliphatic carbocycles. The van der Waals surface area contributed by atoms with Crippen LogP contribution in [-0.2, 0) is 9.53 Å². The fourth-order valence-electron chi connectivity index (χ4n) is 3.52. The van der Waals surface area contributed by atoms with E-state index in [4.69, 9.17) is 18.7 Å². The second-order valence-electron chi connectivity index (χ2n) is 7.49. The molecule has 0 bridgehead atoms. The molecule has 2 heterocycles. The average Bonchev–Trinajstić information content (AvgIpc) is 3.29. The third-order valence-electron chi connectivity index (χ3n) is 5.18. The van der Waals surface area contributed by atoms with Gasteiger partial charge in [-0.2, -0.15) is 0 Å². The summed E-state index contributed by atoms with van der Waals surface area (Å²) in [5, 5.41) is 7.43. The van der Waals surface area contributed by atoms with Gasteiger partial charge in [-0.25, -0.2) is 4.79 Å². The number of hydrogen-bond acceptors (Lipinski definition) is 7. The van der Waals surface area contributed by atoms with Gasteiger partial charge in [0.2, 0.25) is 0 Å². The van der Waals surface area contributed by atoms with Crippen LogP contribution in [0.2, 0.25) is 0 Å². The molecule has 1 aliphatic rings. The SMILES string of the molecule is O=C(COC(=O)c1ccc2noc(-c3ccccc3)c2c1)NC[C@H]1COc2ccccc2O1. The lowest BCUT2D eigenvalue weighted by atomic mass is 10.1. The molecule has 0 unspecified atom stereocenters. The Morgan fingerprint density at radius 2 is 1.79 bits per heavy atom. The summed E-state index contributed by atoms with van der Waals surface area (Å²) in [5.74, 6) is 0.831. The van der Waals surface area contributed by atoms with E-state index in [1.165, 1.54) is 0 Å². The van der Waals surface area contributed by atoms with Gasteiger partial charge in [0, 0.05) is 5.56 Å². The Balaban J connectivity index is 1.17. The summed E-state index contributed by atoms with van der Waals surface area (Å²) in [4.78, 5) is 24.7. The van der Waals surface area contributed by atoms with Gasteiger partial charge >= 0.3 is 5.97 Å². The molecule has 33 heavy (non-hydrogen) atoms. The third kappa shape index (κ3) is 4.50. The van der Waals surface area contributed by atoms with Gasteiger partial charge in [-0.1, -0.05) is 47.6 Å². The van der Waals surface area contributed by atoms with Crippen LogP contribution in [-0.4, -0.2) is 42.9 Å². The number of carbonyl (C=O) groups excluding carboxylic acids is 2. The molecule has 4 aromatic rings. The zero-order chi connectivity index (χ0) is 22.6. The first-order chi connectivity index (χ1) is 16.2. The number of nitrogens with one attached hydrogen (secondary N) is 1. The molecule has 0 saturated carbocycles. The van der Waals surface area contributed by atoms with E-state index in [0.29, 0.717) is 40.3 Å². The predicted molar refractivity (Wildman–Crippen MR) is 119 cm³/mol. The van der Waals surface area contributed by atoms with Crippen LogP contribution in [0.25, 0.3) is 22.2 Å². The number of fused-ring (bicyclic) bond motifs is 2. The summed E-state index contributed by atoms with van der Waals surface area (Å²) in [6.45, 7) is 0.146. The number of hydrogen-bond donors (Lipinski definition) is 1. The maximum atomic E-state index is 12.5. The lowest BCUT2D eigenvalue weighted by Crippen LogP contribution is -2.42. The van der Waals surface area contributed by atoms with Crippen LogP contribution in [0, 0.1) is 0 Å². The fourth-order valence-corrected chi connectivity index (χ4v) is 3.52. The molecular formula is C25H20N2O6. The van der Waals surface area contributed by atoms with Crippen LogP contribution in [0.1, 0.15) is 10.4 Å². The van der Waals surface area contributed by atoms with Gasteiger partial charge in [-0.05, 0) is 30.3 Å². The molecule has 5 rings (SSSR count). The molecule has 1 amide bonds. The summed E-state index contributed by atoms with van der Waals surface area (Å²) in [6.07, 6.45) is -0.327. The molecule has 0 radical (unpaired) electrons. The molecule has 1 aromatic heterocycles. The largest absolute Gasteiger partial charge is 0.486 e. The molecule has 0 saturated heterocycles. The topological polar surface area (TPSA) is 99.9 Å². The monoisotopic (exact) mass is 444 g/mol. The molecule has 1 aliphatic heterocycles. The van der Waals surface area contributed by atoms with E-state index in [9.17, 15) is 9.59 Å². The number of para-hydroxylation sites is 2. The Morgan fingerprint density at radius 1 is 1.00 bits per heavy atom. The highest BCUT2D eigenvalue weighted by molar-refractivity contribution is 5.99. The van der Waals surface area contributed by atoms with Gasteiger partial charge in [-0.3, -0.25) is 4.79 Å². The van der Waals surface area contributed by atoms with Crippen molar-refractivity contribution in [2.45, 2.75) is 6.10 Å². The van der Waals surface area contributed by atoms with E-state index in [-0.39, 0.29) is 12.6 Å². The summed E-state index contributed by atoms with van der Waals surface area (Å²) >= 11 is 0. The molecule has 8 heteroatoms. The maximum absolute atomic E-state index is 12.5. The summed E-state index contributed by atoms with van der Waals surface area (Å²) in [6, 6.07) is 21.7. The van der Waals surface area contributed by atoms with Gasteiger partial charge in [0.05, 0.1) is 17.5 Å². The minimum atomic E-state index is -0.613. The Morgan fingerprint density at radius 3 is 2.64 bits per heavy atom. The van der Waals surface area contributed by atoms with E-state index in [0.717, 1.165) is 5.56 Å². The Kier molecular flexibility index (Phi) is 5.63. The van der Waals surface area contributed by atoms with E-state index < -0.39 is 18.5 Å². The highest BCUT2D eigenvalue weighted by atomic mass is 16.6. The van der Waals surface area contributed by atoms with E-state index in [1.807, 2.05) is 48.5 Å². The van der Waals surface area contributed by atoms with Crippen LogP contribution < -0.4 is 14.8 Å². The molecule has 3 aromatic carbocycles. The lowest BCUT2D eigenvalue weighted by molar-refractivity contribution is -0.124. The van der Waals surface area contributed by atoms with Crippen molar-refractivity contribution in [3.63, 3.8) is 0 Å². The molecule has 0 spiro atoms. The Hall–Kier alpha value is -4.33. The summed E-state index contributed by atoms with van der Waals surface area (Å²) in [7, 11) is 0. The van der Waals surface area contributed by atoms with Crippen molar-refractivity contribution in [2.75, 3.05) is 19.8 Å². The zero-order valence-electron chi connectivity index (χ0n) is 17.5. The van der Waals surface area contributed by atoms with E-state index in [2.05, 4.69) is 10.5 Å². The van der Waals surface area contributed by atoms with Gasteiger partial charge in [-0.15, -0.1) is 0 Å². The van der Waals surface area contributed by atoms with Crippen LogP contribution in [0.4, 0.5) is 0 Å². The van der Waals surface area contributed by atoms with Gasteiger partial charge < -0.3 is 24.1 Å². The second kappa shape index (κ2) is 9.04. The number of amides is 1. The van der Waals surface area contributed by atoms with Crippen LogP contribution in [0.15, 0.2) is 77.3 Å². The maximum Gasteiger partial charge on any atom is 0.338 e. The quantitative estimate of drug-likeness (QED) is 0.454. The van der Waals surface area contributed by atoms with Crippen LogP contribution >= 0.6 is 0 Å². The first kappa shape index (κ1) is 20.6. The highest BCUT2D eigenvalue weighted by Crippen LogP contribution is 2.31. The smallest absolute Gasteiger partial charge is 0.338 e. The first-order valence-corrected chi connectivity index (χ1v) is 10.4. The minimum Gasteiger partial charge on any atom is -0.486 e. The minimum absolute atomic E-state index is 0.234. The zero-order valence-corrected chi connectivity index (χ0v) is 17.5. The summed E-state index contributed by atoms with van der Waals surface area (Å²) in [5.41, 5.74) is 1.78. The Bertz CT molecular complexity index is 1300. The molecule has 1 N–H and O–H groups in total. The molecular weight excluding hydrogens is 424 g/mol. The molecule has 8 nitrogen and oxygen atoms in total. The predicted octanol–water partition coefficient (Wildman–Crippen LogP) is 3.61. The number of aromatic nitrogens is 1. The average molecular weight is 444 g/mol. The van der Waals surface area contributed by atoms with Crippen molar-refractivity contribution in [3.05, 3.63) is 78.4 Å². The standard InChI is InChI=1S/C25H20N2O6/c28-23(26-13-18-14-30-21-8-4-5-9-22(21)32-18)15-31-25(29)17-10-11-20-19(12-17)24(33-27-20)16-6-2-1-3-7-16/h1-12,18H,13-15H2,(H,26,28)/t18-/m0/s1. The first-order valence-electron chi connectivity index (χ1n) is 10.4. The number of benzene rings is 3. The van der Waals surface area contributed by atoms with Crippen molar-refractivity contribution < 1.29 is 28.3 Å². The fraction of sp³-hybridized carbons (Fsp3) is 0.160. The Labute approximate surface area is 189 Å². The van der Waals surface area contributed by atoms with Crippen molar-refractivity contribution in [3.8, 4) is 22.8 Å². The number of nitrogens with zero attached hydrogens (tertiary/aromatic N) is 1. The van der Waals surface area contributed by atoms with E-state index >= 15 is 0 Å². The number of carbonyl (C=O) groups is 2. The molecule has 0 fully saturated rings. The molecule has 1 atom stereocenters. The third-order valence-corrected chi connectivity index (χ3v) is 5.18. The lowest BCUT2D eigenvalue weighted by Gasteiger charge is -2.26. The van der Waals surface area contributed by atoms with Crippen molar-refractivity contribution in [2.24, 2.45) is 0 Å². The van der Waals surface area contributed by atoms with Gasteiger partial charge in [0.1, 0.15) is 18.2 Å². The number of esters is 1.